The molecule has 1 aromatic carbocycles. The fourth-order valence-electron chi connectivity index (χ4n) is 3.03. The highest BCUT2D eigenvalue weighted by Gasteiger charge is 2.38. The molecule has 2 heterocycles. The van der Waals surface area contributed by atoms with Gasteiger partial charge >= 0.3 is 0 Å². The summed E-state index contributed by atoms with van der Waals surface area (Å²) in [6.07, 6.45) is 0.557. The number of carbonyl (C=O) groups excluding carboxylic acids is 3. The molecule has 0 saturated carbocycles. The minimum absolute atomic E-state index is 0.0612. The summed E-state index contributed by atoms with van der Waals surface area (Å²) >= 11 is 0. The van der Waals surface area contributed by atoms with Crippen LogP contribution in [0.25, 0.3) is 10.8 Å². The number of fused-ring (bicyclic) bond motifs is 1. The van der Waals surface area contributed by atoms with Crippen molar-refractivity contribution in [1.29, 1.82) is 0 Å². The molecule has 1 saturated heterocycles. The molecule has 1 aliphatic rings. The van der Waals surface area contributed by atoms with E-state index in [1.165, 1.54) is 11.9 Å². The maximum Gasteiger partial charge on any atom is 0.275 e. The van der Waals surface area contributed by atoms with Gasteiger partial charge in [0, 0.05) is 19.0 Å². The molecule has 25 heavy (non-hydrogen) atoms. The topological polar surface area (TPSA) is 101 Å². The standard InChI is InChI=1S/C17H18N4O4/c1-3-8-21(12-9-13(22)18-15(12)23)17(25)14-10-6-4-5-7-11(10)16(24)20(2)19-14/h4-7,12H,3,8-9H2,1-2H3,(H,18,22,23). The smallest absolute Gasteiger partial charge is 0.275 e. The van der Waals surface area contributed by atoms with Gasteiger partial charge in [0.15, 0.2) is 5.69 Å². The average molecular weight is 342 g/mol. The predicted octanol–water partition coefficient (Wildman–Crippen LogP) is 0.201. The lowest BCUT2D eigenvalue weighted by Gasteiger charge is -2.26. The number of carbonyl (C=O) groups is 3. The fourth-order valence-corrected chi connectivity index (χ4v) is 3.03. The van der Waals surface area contributed by atoms with Gasteiger partial charge in [0.2, 0.25) is 11.8 Å². The molecule has 0 bridgehead atoms. The lowest BCUT2D eigenvalue weighted by Crippen LogP contribution is -2.45. The molecule has 1 fully saturated rings. The Kier molecular flexibility index (Phi) is 4.35. The molecule has 1 N–H and O–H groups in total. The number of hydrogen-bond donors (Lipinski definition) is 1. The van der Waals surface area contributed by atoms with Crippen LogP contribution in [0.4, 0.5) is 0 Å². The summed E-state index contributed by atoms with van der Waals surface area (Å²) in [6, 6.07) is 5.87. The SMILES string of the molecule is CCCN(C(=O)c1nn(C)c(=O)c2ccccc12)C1CC(=O)NC1=O. The van der Waals surface area contributed by atoms with E-state index >= 15 is 0 Å². The predicted molar refractivity (Wildman–Crippen MR) is 89.9 cm³/mol. The average Bonchev–Trinajstić information content (AvgIpc) is 2.93. The van der Waals surface area contributed by atoms with Gasteiger partial charge in [-0.2, -0.15) is 5.10 Å². The van der Waals surface area contributed by atoms with Gasteiger partial charge in [0.1, 0.15) is 6.04 Å². The quantitative estimate of drug-likeness (QED) is 0.800. The summed E-state index contributed by atoms with van der Waals surface area (Å²) < 4.78 is 1.11. The zero-order valence-corrected chi connectivity index (χ0v) is 14.0. The highest BCUT2D eigenvalue weighted by molar-refractivity contribution is 6.10. The number of aryl methyl sites for hydroxylation is 1. The molecule has 1 atom stereocenters. The van der Waals surface area contributed by atoms with Crippen molar-refractivity contribution < 1.29 is 14.4 Å². The highest BCUT2D eigenvalue weighted by Crippen LogP contribution is 2.19. The van der Waals surface area contributed by atoms with E-state index in [4.69, 9.17) is 0 Å². The third-order valence-corrected chi connectivity index (χ3v) is 4.20. The van der Waals surface area contributed by atoms with E-state index in [2.05, 4.69) is 10.4 Å². The van der Waals surface area contributed by atoms with Crippen molar-refractivity contribution in [3.63, 3.8) is 0 Å². The lowest BCUT2D eigenvalue weighted by molar-refractivity contribution is -0.126. The summed E-state index contributed by atoms with van der Waals surface area (Å²) in [5.74, 6) is -1.35. The normalized spacial score (nSPS) is 17.0. The summed E-state index contributed by atoms with van der Waals surface area (Å²) in [5.41, 5.74) is -0.207. The monoisotopic (exact) mass is 342 g/mol. The Balaban J connectivity index is 2.11. The van der Waals surface area contributed by atoms with Crippen LogP contribution in [0.5, 0.6) is 0 Å². The molecule has 0 aliphatic carbocycles. The Hall–Kier alpha value is -3.03. The first-order valence-corrected chi connectivity index (χ1v) is 8.04. The van der Waals surface area contributed by atoms with E-state index in [-0.39, 0.29) is 17.7 Å². The fraction of sp³-hybridized carbons (Fsp3) is 0.353. The third-order valence-electron chi connectivity index (χ3n) is 4.20. The van der Waals surface area contributed by atoms with Gasteiger partial charge < -0.3 is 4.90 Å². The van der Waals surface area contributed by atoms with E-state index in [0.717, 1.165) is 4.68 Å². The second-order valence-electron chi connectivity index (χ2n) is 5.95. The highest BCUT2D eigenvalue weighted by atomic mass is 16.2. The van der Waals surface area contributed by atoms with Gasteiger partial charge in [0.05, 0.1) is 11.8 Å². The van der Waals surface area contributed by atoms with Crippen molar-refractivity contribution in [3.05, 3.63) is 40.3 Å². The Bertz CT molecular complexity index is 934. The molecule has 0 spiro atoms. The van der Waals surface area contributed by atoms with Crippen LogP contribution in [0.1, 0.15) is 30.3 Å². The van der Waals surface area contributed by atoms with Gasteiger partial charge in [-0.05, 0) is 12.5 Å². The molecular formula is C17H18N4O4. The van der Waals surface area contributed by atoms with Crippen LogP contribution >= 0.6 is 0 Å². The van der Waals surface area contributed by atoms with Gasteiger partial charge in [0.25, 0.3) is 11.5 Å². The minimum Gasteiger partial charge on any atom is -0.325 e. The third kappa shape index (κ3) is 2.90. The summed E-state index contributed by atoms with van der Waals surface area (Å²) in [7, 11) is 1.47. The van der Waals surface area contributed by atoms with Gasteiger partial charge in [-0.3, -0.25) is 24.5 Å². The van der Waals surface area contributed by atoms with Crippen molar-refractivity contribution in [1.82, 2.24) is 20.0 Å². The van der Waals surface area contributed by atoms with Crippen molar-refractivity contribution >= 4 is 28.5 Å². The zero-order valence-electron chi connectivity index (χ0n) is 14.0. The van der Waals surface area contributed by atoms with Crippen molar-refractivity contribution in [2.45, 2.75) is 25.8 Å². The molecule has 8 heteroatoms. The number of imide groups is 1. The number of aromatic nitrogens is 2. The second-order valence-corrected chi connectivity index (χ2v) is 5.95. The first kappa shape index (κ1) is 16.8. The molecule has 2 aromatic rings. The van der Waals surface area contributed by atoms with Crippen molar-refractivity contribution in [3.8, 4) is 0 Å². The van der Waals surface area contributed by atoms with Crippen LogP contribution in [0.15, 0.2) is 29.1 Å². The Morgan fingerprint density at radius 1 is 1.28 bits per heavy atom. The van der Waals surface area contributed by atoms with Gasteiger partial charge in [-0.1, -0.05) is 25.1 Å². The number of nitrogens with one attached hydrogen (secondary N) is 1. The largest absolute Gasteiger partial charge is 0.325 e. The number of nitrogens with zero attached hydrogens (tertiary/aromatic N) is 3. The summed E-state index contributed by atoms with van der Waals surface area (Å²) in [5, 5.41) is 7.15. The number of benzene rings is 1. The Morgan fingerprint density at radius 3 is 2.56 bits per heavy atom. The van der Waals surface area contributed by atoms with Gasteiger partial charge in [-0.25, -0.2) is 4.68 Å². The van der Waals surface area contributed by atoms with E-state index in [0.29, 0.717) is 23.7 Å². The van der Waals surface area contributed by atoms with Crippen molar-refractivity contribution in [2.24, 2.45) is 7.05 Å². The second kappa shape index (κ2) is 6.46. The summed E-state index contributed by atoms with van der Waals surface area (Å²) in [4.78, 5) is 50.2. The molecule has 1 aliphatic heterocycles. The molecule has 0 radical (unpaired) electrons. The Morgan fingerprint density at radius 2 is 1.96 bits per heavy atom. The molecule has 1 unspecified atom stereocenters. The lowest BCUT2D eigenvalue weighted by atomic mass is 10.1. The maximum atomic E-state index is 13.1. The number of amides is 3. The first-order valence-electron chi connectivity index (χ1n) is 8.04. The van der Waals surface area contributed by atoms with Crippen LogP contribution in [0, 0.1) is 0 Å². The number of hydrogen-bond acceptors (Lipinski definition) is 5. The zero-order chi connectivity index (χ0) is 18.1. The van der Waals surface area contributed by atoms with E-state index in [9.17, 15) is 19.2 Å². The Labute approximate surface area is 143 Å². The van der Waals surface area contributed by atoms with Crippen LogP contribution in [0.2, 0.25) is 0 Å². The van der Waals surface area contributed by atoms with Crippen LogP contribution in [0.3, 0.4) is 0 Å². The van der Waals surface area contributed by atoms with Crippen molar-refractivity contribution in [2.75, 3.05) is 6.54 Å². The van der Waals surface area contributed by atoms with E-state index in [1.807, 2.05) is 6.92 Å². The molecule has 130 valence electrons. The summed E-state index contributed by atoms with van der Waals surface area (Å²) in [6.45, 7) is 2.18. The molecule has 3 amide bonds. The molecule has 1 aromatic heterocycles. The van der Waals surface area contributed by atoms with Gasteiger partial charge in [-0.15, -0.1) is 0 Å². The van der Waals surface area contributed by atoms with Crippen LogP contribution < -0.4 is 10.9 Å². The molecule has 8 nitrogen and oxygen atoms in total. The molecule has 3 rings (SSSR count). The van der Waals surface area contributed by atoms with E-state index < -0.39 is 23.8 Å². The maximum absolute atomic E-state index is 13.1. The van der Waals surface area contributed by atoms with Crippen LogP contribution in [-0.2, 0) is 16.6 Å². The minimum atomic E-state index is -0.849. The number of rotatable bonds is 4. The molecular weight excluding hydrogens is 324 g/mol. The van der Waals surface area contributed by atoms with E-state index in [1.54, 1.807) is 24.3 Å². The first-order chi connectivity index (χ1) is 11.9. The van der Waals surface area contributed by atoms with Crippen LogP contribution in [-0.4, -0.2) is 45.0 Å².